The molecule has 0 N–H and O–H groups in total. The number of hydrogen-bond acceptors (Lipinski definition) is 6. The molecule has 10 heteroatoms. The molecule has 1 saturated heterocycles. The van der Waals surface area contributed by atoms with Gasteiger partial charge in [-0.2, -0.15) is 4.31 Å². The summed E-state index contributed by atoms with van der Waals surface area (Å²) in [5, 5.41) is 11.3. The molecule has 1 aliphatic heterocycles. The summed E-state index contributed by atoms with van der Waals surface area (Å²) in [6.07, 6.45) is 0. The van der Waals surface area contributed by atoms with E-state index in [2.05, 4.69) is 0 Å². The minimum absolute atomic E-state index is 0.104. The molecule has 1 heterocycles. The van der Waals surface area contributed by atoms with Crippen LogP contribution in [0.5, 0.6) is 5.75 Å². The summed E-state index contributed by atoms with van der Waals surface area (Å²) in [5.74, 6) is -0.277. The highest BCUT2D eigenvalue weighted by Crippen LogP contribution is 2.29. The van der Waals surface area contributed by atoms with E-state index in [1.54, 1.807) is 25.1 Å². The lowest BCUT2D eigenvalue weighted by atomic mass is 10.1. The number of rotatable bonds is 6. The summed E-state index contributed by atoms with van der Waals surface area (Å²) in [4.78, 5) is 25.1. The second-order valence-corrected chi connectivity index (χ2v) is 8.32. The van der Waals surface area contributed by atoms with Gasteiger partial charge in [0.15, 0.2) is 5.75 Å². The maximum Gasteiger partial charge on any atom is 0.311 e. The lowest BCUT2D eigenvalue weighted by Gasteiger charge is -2.34. The smallest absolute Gasteiger partial charge is 0.311 e. The number of carbonyl (C=O) groups is 1. The van der Waals surface area contributed by atoms with Gasteiger partial charge in [-0.3, -0.25) is 14.9 Å². The van der Waals surface area contributed by atoms with Gasteiger partial charge in [0.05, 0.1) is 16.4 Å². The number of piperazine rings is 1. The molecule has 0 bridgehead atoms. The first-order valence-electron chi connectivity index (χ1n) is 9.10. The van der Waals surface area contributed by atoms with E-state index in [1.165, 1.54) is 39.5 Å². The number of hydrogen-bond donors (Lipinski definition) is 0. The molecule has 154 valence electrons. The Bertz CT molecular complexity index is 1000. The van der Waals surface area contributed by atoms with Crippen molar-refractivity contribution in [2.45, 2.75) is 11.8 Å². The van der Waals surface area contributed by atoms with Gasteiger partial charge in [0.1, 0.15) is 0 Å². The number of nitrogens with zero attached hydrogens (tertiary/aromatic N) is 3. The summed E-state index contributed by atoms with van der Waals surface area (Å²) in [7, 11) is -3.62. The minimum atomic E-state index is -3.62. The Morgan fingerprint density at radius 2 is 1.76 bits per heavy atom. The van der Waals surface area contributed by atoms with E-state index < -0.39 is 14.9 Å². The Morgan fingerprint density at radius 3 is 2.34 bits per heavy atom. The van der Waals surface area contributed by atoms with Crippen LogP contribution in [-0.2, 0) is 10.0 Å². The number of benzene rings is 2. The molecular weight excluding hydrogens is 398 g/mol. The molecular formula is C19H21N3O6S. The van der Waals surface area contributed by atoms with E-state index in [9.17, 15) is 23.3 Å². The minimum Gasteiger partial charge on any atom is -0.487 e. The Kier molecular flexibility index (Phi) is 6.14. The summed E-state index contributed by atoms with van der Waals surface area (Å²) in [5.41, 5.74) is -0.109. The topological polar surface area (TPSA) is 110 Å². The third kappa shape index (κ3) is 4.38. The van der Waals surface area contributed by atoms with E-state index in [4.69, 9.17) is 4.74 Å². The molecule has 0 saturated carbocycles. The zero-order chi connectivity index (χ0) is 21.0. The Hall–Kier alpha value is -2.98. The summed E-state index contributed by atoms with van der Waals surface area (Å²) < 4.78 is 31.9. The number of sulfonamides is 1. The quantitative estimate of drug-likeness (QED) is 0.524. The van der Waals surface area contributed by atoms with Crippen molar-refractivity contribution in [3.05, 3.63) is 64.2 Å². The zero-order valence-electron chi connectivity index (χ0n) is 15.9. The number of amides is 1. The maximum absolute atomic E-state index is 12.8. The van der Waals surface area contributed by atoms with Crippen LogP contribution >= 0.6 is 0 Å². The van der Waals surface area contributed by atoms with Gasteiger partial charge < -0.3 is 9.64 Å². The van der Waals surface area contributed by atoms with Crippen molar-refractivity contribution in [1.82, 2.24) is 9.21 Å². The highest BCUT2D eigenvalue weighted by molar-refractivity contribution is 7.89. The molecule has 2 aromatic rings. The average molecular weight is 419 g/mol. The lowest BCUT2D eigenvalue weighted by Crippen LogP contribution is -2.50. The first-order valence-corrected chi connectivity index (χ1v) is 10.5. The molecule has 3 rings (SSSR count). The molecule has 0 atom stereocenters. The van der Waals surface area contributed by atoms with Crippen LogP contribution in [0.1, 0.15) is 17.3 Å². The van der Waals surface area contributed by atoms with Crippen LogP contribution in [0.4, 0.5) is 5.69 Å². The van der Waals surface area contributed by atoms with Crippen LogP contribution in [0.25, 0.3) is 0 Å². The average Bonchev–Trinajstić information content (AvgIpc) is 2.74. The van der Waals surface area contributed by atoms with Gasteiger partial charge in [-0.05, 0) is 31.2 Å². The lowest BCUT2D eigenvalue weighted by molar-refractivity contribution is -0.385. The summed E-state index contributed by atoms with van der Waals surface area (Å²) in [6, 6.07) is 12.2. The Labute approximate surface area is 168 Å². The second-order valence-electron chi connectivity index (χ2n) is 6.38. The molecule has 2 aromatic carbocycles. The molecule has 0 aromatic heterocycles. The van der Waals surface area contributed by atoms with Crippen molar-refractivity contribution < 1.29 is 22.9 Å². The van der Waals surface area contributed by atoms with Gasteiger partial charge in [-0.1, -0.05) is 18.2 Å². The number of carbonyl (C=O) groups excluding carboxylic acids is 1. The fourth-order valence-electron chi connectivity index (χ4n) is 3.13. The van der Waals surface area contributed by atoms with Crippen molar-refractivity contribution in [2.75, 3.05) is 32.8 Å². The molecule has 29 heavy (non-hydrogen) atoms. The van der Waals surface area contributed by atoms with Gasteiger partial charge in [-0.15, -0.1) is 0 Å². The van der Waals surface area contributed by atoms with Crippen LogP contribution in [0.15, 0.2) is 53.4 Å². The van der Waals surface area contributed by atoms with Crippen molar-refractivity contribution in [1.29, 1.82) is 0 Å². The van der Waals surface area contributed by atoms with E-state index in [0.29, 0.717) is 0 Å². The molecule has 0 radical (unpaired) electrons. The first kappa shape index (κ1) is 20.7. The standard InChI is InChI=1S/C19H21N3O6S/c1-2-28-18-9-8-15(14-17(18)22(24)25)19(23)20-10-12-21(13-11-20)29(26,27)16-6-4-3-5-7-16/h3-9,14H,2,10-13H2,1H3. The van der Waals surface area contributed by atoms with Crippen LogP contribution in [0, 0.1) is 10.1 Å². The highest BCUT2D eigenvalue weighted by Gasteiger charge is 2.31. The van der Waals surface area contributed by atoms with Gasteiger partial charge in [0, 0.05) is 37.8 Å². The SMILES string of the molecule is CCOc1ccc(C(=O)N2CCN(S(=O)(=O)c3ccccc3)CC2)cc1[N+](=O)[O-]. The van der Waals surface area contributed by atoms with Crippen molar-refractivity contribution in [2.24, 2.45) is 0 Å². The zero-order valence-corrected chi connectivity index (χ0v) is 16.7. The fourth-order valence-corrected chi connectivity index (χ4v) is 4.57. The van der Waals surface area contributed by atoms with E-state index in [1.807, 2.05) is 0 Å². The Balaban J connectivity index is 1.72. The third-order valence-electron chi connectivity index (χ3n) is 4.61. The maximum atomic E-state index is 12.8. The molecule has 1 aliphatic rings. The van der Waals surface area contributed by atoms with Crippen molar-refractivity contribution >= 4 is 21.6 Å². The van der Waals surface area contributed by atoms with E-state index in [-0.39, 0.29) is 60.6 Å². The number of ether oxygens (including phenoxy) is 1. The van der Waals surface area contributed by atoms with Crippen LogP contribution in [0.2, 0.25) is 0 Å². The largest absolute Gasteiger partial charge is 0.487 e. The normalized spacial score (nSPS) is 15.1. The molecule has 0 spiro atoms. The van der Waals surface area contributed by atoms with Gasteiger partial charge >= 0.3 is 5.69 Å². The molecule has 1 fully saturated rings. The first-order chi connectivity index (χ1) is 13.8. The number of nitro groups is 1. The van der Waals surface area contributed by atoms with Crippen molar-refractivity contribution in [3.63, 3.8) is 0 Å². The predicted octanol–water partition coefficient (Wildman–Crippen LogP) is 2.14. The summed E-state index contributed by atoms with van der Waals surface area (Å²) in [6.45, 7) is 2.69. The van der Waals surface area contributed by atoms with Crippen molar-refractivity contribution in [3.8, 4) is 5.75 Å². The van der Waals surface area contributed by atoms with E-state index in [0.717, 1.165) is 0 Å². The predicted molar refractivity (Wildman–Crippen MR) is 105 cm³/mol. The van der Waals surface area contributed by atoms with Gasteiger partial charge in [0.2, 0.25) is 10.0 Å². The monoisotopic (exact) mass is 419 g/mol. The van der Waals surface area contributed by atoms with Crippen LogP contribution < -0.4 is 4.74 Å². The van der Waals surface area contributed by atoms with Crippen LogP contribution in [-0.4, -0.2) is 61.2 Å². The second kappa shape index (κ2) is 8.58. The molecule has 0 aliphatic carbocycles. The van der Waals surface area contributed by atoms with Crippen LogP contribution in [0.3, 0.4) is 0 Å². The third-order valence-corrected chi connectivity index (χ3v) is 6.52. The molecule has 9 nitrogen and oxygen atoms in total. The Morgan fingerprint density at radius 1 is 1.10 bits per heavy atom. The summed E-state index contributed by atoms with van der Waals surface area (Å²) >= 11 is 0. The highest BCUT2D eigenvalue weighted by atomic mass is 32.2. The van der Waals surface area contributed by atoms with E-state index >= 15 is 0 Å². The molecule has 1 amide bonds. The molecule has 0 unspecified atom stereocenters. The number of nitro benzene ring substituents is 1. The van der Waals surface area contributed by atoms with Gasteiger partial charge in [-0.25, -0.2) is 8.42 Å². The van der Waals surface area contributed by atoms with Gasteiger partial charge in [0.25, 0.3) is 5.91 Å². The fraction of sp³-hybridized carbons (Fsp3) is 0.316.